The van der Waals surface area contributed by atoms with Gasteiger partial charge in [0.2, 0.25) is 0 Å². The molecule has 2 rings (SSSR count). The van der Waals surface area contributed by atoms with Crippen LogP contribution in [-0.4, -0.2) is 36.2 Å². The average molecular weight is 233 g/mol. The molecule has 0 aliphatic heterocycles. The molecule has 0 atom stereocenters. The molecule has 8 nitrogen and oxygen atoms in total. The molecule has 2 aromatic heterocycles. The quantitative estimate of drug-likeness (QED) is 0.320. The van der Waals surface area contributed by atoms with E-state index in [0.717, 1.165) is 5.69 Å². The van der Waals surface area contributed by atoms with Gasteiger partial charge >= 0.3 is 0 Å². The Kier molecular flexibility index (Phi) is 2.95. The van der Waals surface area contributed by atoms with Gasteiger partial charge in [-0.15, -0.1) is 5.10 Å². The Morgan fingerprint density at radius 1 is 1.59 bits per heavy atom. The molecule has 0 fully saturated rings. The lowest BCUT2D eigenvalue weighted by Gasteiger charge is -2.03. The third-order valence-electron chi connectivity index (χ3n) is 2.24. The van der Waals surface area contributed by atoms with Crippen LogP contribution in [0.2, 0.25) is 0 Å². The van der Waals surface area contributed by atoms with Crippen molar-refractivity contribution in [3.63, 3.8) is 0 Å². The minimum absolute atomic E-state index is 0.0436. The lowest BCUT2D eigenvalue weighted by atomic mass is 10.2. The SMILES string of the molecule is Cc1nnnn1Cc1cc(C(N)=NO)ccn1. The summed E-state index contributed by atoms with van der Waals surface area (Å²) in [5, 5.41) is 22.6. The summed E-state index contributed by atoms with van der Waals surface area (Å²) in [6, 6.07) is 3.38. The van der Waals surface area contributed by atoms with Gasteiger partial charge in [0.05, 0.1) is 12.2 Å². The van der Waals surface area contributed by atoms with Crippen LogP contribution in [0.5, 0.6) is 0 Å². The number of hydrogen-bond donors (Lipinski definition) is 2. The van der Waals surface area contributed by atoms with Crippen LogP contribution in [0.15, 0.2) is 23.5 Å². The third kappa shape index (κ3) is 2.36. The van der Waals surface area contributed by atoms with Gasteiger partial charge in [-0.2, -0.15) is 0 Å². The Morgan fingerprint density at radius 2 is 2.41 bits per heavy atom. The first-order chi connectivity index (χ1) is 8.20. The third-order valence-corrected chi connectivity index (χ3v) is 2.24. The van der Waals surface area contributed by atoms with E-state index in [9.17, 15) is 0 Å². The predicted molar refractivity (Wildman–Crippen MR) is 58.4 cm³/mol. The molecule has 88 valence electrons. The molecular weight excluding hydrogens is 222 g/mol. The standard InChI is InChI=1S/C9H11N7O/c1-6-12-14-15-16(6)5-8-4-7(2-3-11-8)9(10)13-17/h2-4,17H,5H2,1H3,(H2,10,13). The van der Waals surface area contributed by atoms with Crippen molar-refractivity contribution in [3.8, 4) is 0 Å². The van der Waals surface area contributed by atoms with Gasteiger partial charge in [-0.05, 0) is 29.5 Å². The number of pyridine rings is 1. The number of rotatable bonds is 3. The summed E-state index contributed by atoms with van der Waals surface area (Å²) in [6.07, 6.45) is 1.59. The zero-order chi connectivity index (χ0) is 12.3. The van der Waals surface area contributed by atoms with Crippen molar-refractivity contribution in [2.75, 3.05) is 0 Å². The molecule has 0 aliphatic rings. The van der Waals surface area contributed by atoms with Gasteiger partial charge in [-0.1, -0.05) is 5.16 Å². The molecule has 0 saturated heterocycles. The van der Waals surface area contributed by atoms with Gasteiger partial charge in [-0.25, -0.2) is 4.68 Å². The van der Waals surface area contributed by atoms with E-state index in [0.29, 0.717) is 17.9 Å². The first-order valence-electron chi connectivity index (χ1n) is 4.86. The highest BCUT2D eigenvalue weighted by atomic mass is 16.4. The minimum Gasteiger partial charge on any atom is -0.409 e. The molecule has 0 unspecified atom stereocenters. The Hall–Kier alpha value is -2.51. The Bertz CT molecular complexity index is 548. The summed E-state index contributed by atoms with van der Waals surface area (Å²) >= 11 is 0. The molecule has 17 heavy (non-hydrogen) atoms. The number of hydrogen-bond acceptors (Lipinski definition) is 6. The van der Waals surface area contributed by atoms with Crippen molar-refractivity contribution in [2.45, 2.75) is 13.5 Å². The van der Waals surface area contributed by atoms with Gasteiger partial charge in [0.15, 0.2) is 5.84 Å². The zero-order valence-corrected chi connectivity index (χ0v) is 9.15. The number of aromatic nitrogens is 5. The van der Waals surface area contributed by atoms with E-state index in [2.05, 4.69) is 25.7 Å². The Labute approximate surface area is 96.8 Å². The summed E-state index contributed by atoms with van der Waals surface area (Å²) in [5.74, 6) is 0.739. The molecule has 2 heterocycles. The molecule has 0 radical (unpaired) electrons. The fourth-order valence-electron chi connectivity index (χ4n) is 1.33. The second kappa shape index (κ2) is 4.56. The normalized spacial score (nSPS) is 11.7. The average Bonchev–Trinajstić information content (AvgIpc) is 2.74. The monoisotopic (exact) mass is 233 g/mol. The Morgan fingerprint density at radius 3 is 3.06 bits per heavy atom. The fourth-order valence-corrected chi connectivity index (χ4v) is 1.33. The summed E-state index contributed by atoms with van der Waals surface area (Å²) in [4.78, 5) is 4.16. The Balaban J connectivity index is 2.26. The lowest BCUT2D eigenvalue weighted by molar-refractivity contribution is 0.318. The largest absolute Gasteiger partial charge is 0.409 e. The van der Waals surface area contributed by atoms with Crippen LogP contribution in [0.3, 0.4) is 0 Å². The van der Waals surface area contributed by atoms with E-state index < -0.39 is 0 Å². The van der Waals surface area contributed by atoms with Crippen LogP contribution in [0.25, 0.3) is 0 Å². The van der Waals surface area contributed by atoms with Crippen LogP contribution in [-0.2, 0) is 6.54 Å². The first-order valence-corrected chi connectivity index (χ1v) is 4.86. The van der Waals surface area contributed by atoms with Crippen molar-refractivity contribution in [1.82, 2.24) is 25.2 Å². The van der Waals surface area contributed by atoms with Crippen LogP contribution in [0.4, 0.5) is 0 Å². The number of tetrazole rings is 1. The van der Waals surface area contributed by atoms with E-state index in [1.807, 2.05) is 0 Å². The smallest absolute Gasteiger partial charge is 0.170 e. The van der Waals surface area contributed by atoms with Gasteiger partial charge in [0.25, 0.3) is 0 Å². The molecule has 8 heteroatoms. The zero-order valence-electron chi connectivity index (χ0n) is 9.15. The van der Waals surface area contributed by atoms with Crippen LogP contribution >= 0.6 is 0 Å². The van der Waals surface area contributed by atoms with Crippen molar-refractivity contribution >= 4 is 5.84 Å². The number of amidine groups is 1. The van der Waals surface area contributed by atoms with E-state index in [4.69, 9.17) is 10.9 Å². The van der Waals surface area contributed by atoms with Crippen molar-refractivity contribution in [3.05, 3.63) is 35.4 Å². The van der Waals surface area contributed by atoms with E-state index in [-0.39, 0.29) is 5.84 Å². The number of nitrogens with zero attached hydrogens (tertiary/aromatic N) is 6. The number of aryl methyl sites for hydroxylation is 1. The molecule has 3 N–H and O–H groups in total. The van der Waals surface area contributed by atoms with Crippen molar-refractivity contribution < 1.29 is 5.21 Å². The molecule has 0 aliphatic carbocycles. The molecule has 0 spiro atoms. The van der Waals surface area contributed by atoms with Crippen LogP contribution in [0.1, 0.15) is 17.1 Å². The minimum atomic E-state index is 0.0436. The van der Waals surface area contributed by atoms with Crippen molar-refractivity contribution in [1.29, 1.82) is 0 Å². The topological polar surface area (TPSA) is 115 Å². The van der Waals surface area contributed by atoms with Crippen LogP contribution < -0.4 is 5.73 Å². The summed E-state index contributed by atoms with van der Waals surface area (Å²) in [5.41, 5.74) is 6.82. The number of nitrogens with two attached hydrogens (primary N) is 1. The summed E-state index contributed by atoms with van der Waals surface area (Å²) in [7, 11) is 0. The van der Waals surface area contributed by atoms with Gasteiger partial charge in [0.1, 0.15) is 5.82 Å². The van der Waals surface area contributed by atoms with Gasteiger partial charge < -0.3 is 10.9 Å². The first kappa shape index (κ1) is 11.0. The lowest BCUT2D eigenvalue weighted by Crippen LogP contribution is -2.14. The number of oxime groups is 1. The predicted octanol–water partition coefficient (Wildman–Crippen LogP) is -0.481. The molecule has 2 aromatic rings. The molecule has 0 bridgehead atoms. The molecular formula is C9H11N7O. The molecule has 0 saturated carbocycles. The van der Waals surface area contributed by atoms with E-state index in [1.54, 1.807) is 29.9 Å². The maximum Gasteiger partial charge on any atom is 0.170 e. The highest BCUT2D eigenvalue weighted by molar-refractivity contribution is 5.96. The second-order valence-corrected chi connectivity index (χ2v) is 3.40. The summed E-state index contributed by atoms with van der Waals surface area (Å²) < 4.78 is 1.61. The molecule has 0 amide bonds. The molecule has 0 aromatic carbocycles. The highest BCUT2D eigenvalue weighted by Gasteiger charge is 2.05. The van der Waals surface area contributed by atoms with Crippen molar-refractivity contribution in [2.24, 2.45) is 10.9 Å². The van der Waals surface area contributed by atoms with E-state index >= 15 is 0 Å². The summed E-state index contributed by atoms with van der Waals surface area (Å²) in [6.45, 7) is 2.23. The maximum atomic E-state index is 8.58. The van der Waals surface area contributed by atoms with Gasteiger partial charge in [0, 0.05) is 11.8 Å². The van der Waals surface area contributed by atoms with E-state index in [1.165, 1.54) is 0 Å². The highest BCUT2D eigenvalue weighted by Crippen LogP contribution is 2.04. The second-order valence-electron chi connectivity index (χ2n) is 3.40. The maximum absolute atomic E-state index is 8.58. The fraction of sp³-hybridized carbons (Fsp3) is 0.222. The van der Waals surface area contributed by atoms with Crippen LogP contribution in [0, 0.1) is 6.92 Å². The van der Waals surface area contributed by atoms with Gasteiger partial charge in [-0.3, -0.25) is 4.98 Å².